The van der Waals surface area contributed by atoms with Crippen molar-refractivity contribution in [2.45, 2.75) is 12.6 Å². The number of ether oxygens (including phenoxy) is 2. The molecule has 2 N–H and O–H groups in total. The predicted octanol–water partition coefficient (Wildman–Crippen LogP) is 7.51. The molecule has 0 aliphatic carbocycles. The Hall–Kier alpha value is -5.10. The Bertz CT molecular complexity index is 1600. The van der Waals surface area contributed by atoms with Gasteiger partial charge in [-0.25, -0.2) is 4.79 Å². The number of carbonyl (C=O) groups is 1. The summed E-state index contributed by atoms with van der Waals surface area (Å²) in [5, 5.41) is 15.7. The molecule has 0 aliphatic rings. The highest BCUT2D eigenvalue weighted by Crippen LogP contribution is 2.38. The summed E-state index contributed by atoms with van der Waals surface area (Å²) in [5.74, 6) is 0.884. The quantitative estimate of drug-likeness (QED) is 0.209. The molecule has 0 aromatic heterocycles. The van der Waals surface area contributed by atoms with Crippen LogP contribution >= 0.6 is 0 Å². The molecular formula is C33H28N2O4. The third-order valence-corrected chi connectivity index (χ3v) is 6.43. The summed E-state index contributed by atoms with van der Waals surface area (Å²) in [6, 6.07) is 35.5. The number of anilines is 1. The maximum Gasteiger partial charge on any atom is 0.411 e. The molecule has 0 radical (unpaired) electrons. The number of hydrogen-bond acceptors (Lipinski definition) is 5. The monoisotopic (exact) mass is 516 g/mol. The molecule has 6 heteroatoms. The van der Waals surface area contributed by atoms with Gasteiger partial charge in [-0.2, -0.15) is 0 Å². The van der Waals surface area contributed by atoms with E-state index in [1.807, 2.05) is 103 Å². The van der Waals surface area contributed by atoms with Crippen LogP contribution in [0.25, 0.3) is 10.8 Å². The molecule has 6 nitrogen and oxygen atoms in total. The maximum atomic E-state index is 12.5. The van der Waals surface area contributed by atoms with Gasteiger partial charge in [-0.15, -0.1) is 0 Å². The van der Waals surface area contributed by atoms with Crippen LogP contribution in [0.15, 0.2) is 120 Å². The molecular weight excluding hydrogens is 488 g/mol. The van der Waals surface area contributed by atoms with Gasteiger partial charge in [0.25, 0.3) is 0 Å². The van der Waals surface area contributed by atoms with E-state index in [9.17, 15) is 9.90 Å². The fourth-order valence-corrected chi connectivity index (χ4v) is 4.43. The standard InChI is InChI=1S/C33H28N2O4/c1-38-27-18-15-25(16-19-27)32(31-28-13-7-5-11-24(28)17-20-30(31)36)34-21-26-12-6-8-14-29(26)35-33(37)39-22-23-9-3-2-4-10-23/h2-21,32,36H,22H2,1H3,(H,35,37). The van der Waals surface area contributed by atoms with Crippen LogP contribution in [0.2, 0.25) is 0 Å². The number of rotatable bonds is 8. The van der Waals surface area contributed by atoms with E-state index in [4.69, 9.17) is 14.5 Å². The van der Waals surface area contributed by atoms with E-state index in [-0.39, 0.29) is 12.4 Å². The van der Waals surface area contributed by atoms with Gasteiger partial charge in [-0.05, 0) is 46.2 Å². The van der Waals surface area contributed by atoms with Crippen molar-refractivity contribution >= 4 is 28.8 Å². The Labute approximate surface area is 227 Å². The number of fused-ring (bicyclic) bond motifs is 1. The number of amides is 1. The van der Waals surface area contributed by atoms with Gasteiger partial charge >= 0.3 is 6.09 Å². The summed E-state index contributed by atoms with van der Waals surface area (Å²) < 4.78 is 10.7. The van der Waals surface area contributed by atoms with Crippen molar-refractivity contribution in [3.05, 3.63) is 138 Å². The molecule has 0 spiro atoms. The topological polar surface area (TPSA) is 80.2 Å². The summed E-state index contributed by atoms with van der Waals surface area (Å²) in [6.07, 6.45) is 1.15. The van der Waals surface area contributed by atoms with Crippen LogP contribution in [-0.4, -0.2) is 24.5 Å². The normalized spacial score (nSPS) is 11.8. The Balaban J connectivity index is 1.47. The average molecular weight is 517 g/mol. The fourth-order valence-electron chi connectivity index (χ4n) is 4.43. The number of benzene rings is 5. The summed E-state index contributed by atoms with van der Waals surface area (Å²) >= 11 is 0. The number of aliphatic imine (C=N–C) groups is 1. The third-order valence-electron chi connectivity index (χ3n) is 6.43. The van der Waals surface area contributed by atoms with E-state index in [1.54, 1.807) is 25.5 Å². The van der Waals surface area contributed by atoms with Crippen molar-refractivity contribution < 1.29 is 19.4 Å². The lowest BCUT2D eigenvalue weighted by molar-refractivity contribution is 0.155. The molecule has 194 valence electrons. The number of carbonyl (C=O) groups excluding carboxylic acids is 1. The molecule has 1 amide bonds. The second-order valence-electron chi connectivity index (χ2n) is 8.95. The van der Waals surface area contributed by atoms with Crippen LogP contribution in [0.5, 0.6) is 11.5 Å². The summed E-state index contributed by atoms with van der Waals surface area (Å²) in [6.45, 7) is 0.169. The Kier molecular flexibility index (Phi) is 7.84. The Morgan fingerprint density at radius 1 is 0.872 bits per heavy atom. The molecule has 1 unspecified atom stereocenters. The lowest BCUT2D eigenvalue weighted by Crippen LogP contribution is -2.14. The van der Waals surface area contributed by atoms with Gasteiger partial charge in [0, 0.05) is 17.3 Å². The fraction of sp³-hybridized carbons (Fsp3) is 0.0909. The van der Waals surface area contributed by atoms with Crippen molar-refractivity contribution in [3.63, 3.8) is 0 Å². The molecule has 0 heterocycles. The van der Waals surface area contributed by atoms with Gasteiger partial charge < -0.3 is 14.6 Å². The highest BCUT2D eigenvalue weighted by Gasteiger charge is 2.20. The Morgan fingerprint density at radius 3 is 2.38 bits per heavy atom. The van der Waals surface area contributed by atoms with Gasteiger partial charge in [0.05, 0.1) is 12.8 Å². The number of hydrogen-bond donors (Lipinski definition) is 2. The van der Waals surface area contributed by atoms with Crippen LogP contribution in [0.3, 0.4) is 0 Å². The minimum Gasteiger partial charge on any atom is -0.508 e. The van der Waals surface area contributed by atoms with Crippen molar-refractivity contribution in [1.82, 2.24) is 0 Å². The van der Waals surface area contributed by atoms with E-state index < -0.39 is 12.1 Å². The second kappa shape index (κ2) is 12.0. The third kappa shape index (κ3) is 6.08. The molecule has 39 heavy (non-hydrogen) atoms. The minimum absolute atomic E-state index is 0.155. The van der Waals surface area contributed by atoms with E-state index in [0.717, 1.165) is 27.6 Å². The first-order valence-corrected chi connectivity index (χ1v) is 12.6. The zero-order valence-electron chi connectivity index (χ0n) is 21.5. The van der Waals surface area contributed by atoms with Crippen molar-refractivity contribution in [3.8, 4) is 11.5 Å². The van der Waals surface area contributed by atoms with Crippen LogP contribution in [0.1, 0.15) is 28.3 Å². The maximum absolute atomic E-state index is 12.5. The number of phenolic OH excluding ortho intramolecular Hbond substituents is 1. The summed E-state index contributed by atoms with van der Waals surface area (Å²) in [5.41, 5.74) is 3.75. The molecule has 5 rings (SSSR count). The predicted molar refractivity (Wildman–Crippen MR) is 155 cm³/mol. The first-order chi connectivity index (χ1) is 19.1. The van der Waals surface area contributed by atoms with Crippen LogP contribution in [0, 0.1) is 0 Å². The van der Waals surface area contributed by atoms with Crippen LogP contribution < -0.4 is 10.1 Å². The molecule has 0 bridgehead atoms. The van der Waals surface area contributed by atoms with E-state index in [1.165, 1.54) is 0 Å². The summed E-state index contributed by atoms with van der Waals surface area (Å²) in [7, 11) is 1.62. The number of nitrogens with zero attached hydrogens (tertiary/aromatic N) is 1. The van der Waals surface area contributed by atoms with Crippen LogP contribution in [0.4, 0.5) is 10.5 Å². The molecule has 5 aromatic rings. The lowest BCUT2D eigenvalue weighted by Gasteiger charge is -2.18. The van der Waals surface area contributed by atoms with Gasteiger partial charge in [-0.3, -0.25) is 10.3 Å². The number of nitrogens with one attached hydrogen (secondary N) is 1. The van der Waals surface area contributed by atoms with Gasteiger partial charge in [0.2, 0.25) is 0 Å². The highest BCUT2D eigenvalue weighted by molar-refractivity contribution is 5.95. The molecule has 0 saturated carbocycles. The van der Waals surface area contributed by atoms with Gasteiger partial charge in [0.1, 0.15) is 24.1 Å². The summed E-state index contributed by atoms with van der Waals surface area (Å²) in [4.78, 5) is 17.5. The SMILES string of the molecule is COc1ccc(C(N=Cc2ccccc2NC(=O)OCc2ccccc2)c2c(O)ccc3ccccc23)cc1. The average Bonchev–Trinajstić information content (AvgIpc) is 2.98. The number of para-hydroxylation sites is 1. The van der Waals surface area contributed by atoms with Crippen molar-refractivity contribution in [2.24, 2.45) is 4.99 Å². The molecule has 0 fully saturated rings. The largest absolute Gasteiger partial charge is 0.508 e. The molecule has 0 aliphatic heterocycles. The van der Waals surface area contributed by atoms with Crippen molar-refractivity contribution in [1.29, 1.82) is 0 Å². The minimum atomic E-state index is -0.557. The van der Waals surface area contributed by atoms with Crippen molar-refractivity contribution in [2.75, 3.05) is 12.4 Å². The number of methoxy groups -OCH3 is 1. The van der Waals surface area contributed by atoms with Gasteiger partial charge in [0.15, 0.2) is 0 Å². The zero-order chi connectivity index (χ0) is 27.0. The second-order valence-corrected chi connectivity index (χ2v) is 8.95. The van der Waals surface area contributed by atoms with E-state index >= 15 is 0 Å². The molecule has 0 saturated heterocycles. The first-order valence-electron chi connectivity index (χ1n) is 12.6. The molecule has 1 atom stereocenters. The molecule has 5 aromatic carbocycles. The van der Waals surface area contributed by atoms with Crippen LogP contribution in [-0.2, 0) is 11.3 Å². The van der Waals surface area contributed by atoms with E-state index in [2.05, 4.69) is 5.32 Å². The lowest BCUT2D eigenvalue weighted by atomic mass is 9.93. The number of aromatic hydroxyl groups is 1. The highest BCUT2D eigenvalue weighted by atomic mass is 16.5. The first kappa shape index (κ1) is 25.5. The Morgan fingerprint density at radius 2 is 1.59 bits per heavy atom. The smallest absolute Gasteiger partial charge is 0.411 e. The van der Waals surface area contributed by atoms with Gasteiger partial charge in [-0.1, -0.05) is 91.0 Å². The van der Waals surface area contributed by atoms with E-state index in [0.29, 0.717) is 16.8 Å². The zero-order valence-corrected chi connectivity index (χ0v) is 21.5. The number of phenols is 1.